The van der Waals surface area contributed by atoms with Crippen molar-refractivity contribution in [3.8, 4) is 0 Å². The first-order valence-corrected chi connectivity index (χ1v) is 7.08. The normalized spacial score (nSPS) is 10.5. The van der Waals surface area contributed by atoms with Crippen LogP contribution in [0.25, 0.3) is 0 Å². The van der Waals surface area contributed by atoms with Gasteiger partial charge in [-0.05, 0) is 18.6 Å². The van der Waals surface area contributed by atoms with Gasteiger partial charge in [-0.2, -0.15) is 0 Å². The molecule has 0 radical (unpaired) electrons. The molecular weight excluding hydrogens is 264 g/mol. The topological polar surface area (TPSA) is 53.4 Å². The Bertz CT molecular complexity index is 382. The minimum atomic E-state index is -0.102. The third-order valence-corrected chi connectivity index (χ3v) is 3.14. The van der Waals surface area contributed by atoms with Crippen LogP contribution in [0, 0.1) is 0 Å². The van der Waals surface area contributed by atoms with Crippen LogP contribution in [-0.4, -0.2) is 40.6 Å². The third kappa shape index (κ3) is 5.57. The molecule has 4 nitrogen and oxygen atoms in total. The van der Waals surface area contributed by atoms with Gasteiger partial charge in [0.25, 0.3) is 5.91 Å². The van der Waals surface area contributed by atoms with Gasteiger partial charge < -0.3 is 10.0 Å². The van der Waals surface area contributed by atoms with Crippen LogP contribution in [0.4, 0.5) is 0 Å². The van der Waals surface area contributed by atoms with Crippen LogP contribution in [0.5, 0.6) is 0 Å². The molecule has 1 amide bonds. The number of aromatic nitrogens is 1. The monoisotopic (exact) mass is 284 g/mol. The molecule has 0 unspecified atom stereocenters. The molecule has 0 spiro atoms. The minimum absolute atomic E-state index is 0.0272. The number of unbranched alkanes of at least 4 members (excludes halogenated alkanes) is 3. The second kappa shape index (κ2) is 8.88. The number of carbonyl (C=O) groups excluding carboxylic acids is 1. The van der Waals surface area contributed by atoms with Crippen molar-refractivity contribution in [3.05, 3.63) is 29.0 Å². The number of nitrogens with zero attached hydrogens (tertiary/aromatic N) is 2. The van der Waals surface area contributed by atoms with E-state index in [4.69, 9.17) is 16.7 Å². The average molecular weight is 285 g/mol. The summed E-state index contributed by atoms with van der Waals surface area (Å²) in [5.74, 6) is -0.102. The number of carbonyl (C=O) groups is 1. The quantitative estimate of drug-likeness (QED) is 0.590. The van der Waals surface area contributed by atoms with Crippen molar-refractivity contribution in [2.24, 2.45) is 0 Å². The molecule has 1 N–H and O–H groups in total. The maximum Gasteiger partial charge on any atom is 0.255 e. The van der Waals surface area contributed by atoms with E-state index in [2.05, 4.69) is 11.9 Å². The summed E-state index contributed by atoms with van der Waals surface area (Å²) in [5, 5.41) is 9.42. The van der Waals surface area contributed by atoms with E-state index in [1.807, 2.05) is 0 Å². The molecule has 1 rings (SSSR count). The fraction of sp³-hybridized carbons (Fsp3) is 0.571. The van der Waals surface area contributed by atoms with Gasteiger partial charge >= 0.3 is 0 Å². The Balaban J connectivity index is 2.58. The van der Waals surface area contributed by atoms with Gasteiger partial charge in [-0.15, -0.1) is 0 Å². The second-order valence-electron chi connectivity index (χ2n) is 4.45. The lowest BCUT2D eigenvalue weighted by Gasteiger charge is -2.21. The molecule has 19 heavy (non-hydrogen) atoms. The molecule has 106 valence electrons. The molecule has 0 aliphatic heterocycles. The average Bonchev–Trinajstić information content (AvgIpc) is 2.42. The third-order valence-electron chi connectivity index (χ3n) is 2.91. The van der Waals surface area contributed by atoms with Gasteiger partial charge in [0.15, 0.2) is 0 Å². The summed E-state index contributed by atoms with van der Waals surface area (Å²) >= 11 is 5.70. The number of halogens is 1. The highest BCUT2D eigenvalue weighted by molar-refractivity contribution is 6.29. The maximum absolute atomic E-state index is 12.2. The van der Waals surface area contributed by atoms with E-state index in [0.717, 1.165) is 19.3 Å². The number of pyridine rings is 1. The van der Waals surface area contributed by atoms with Gasteiger partial charge in [-0.1, -0.05) is 37.8 Å². The van der Waals surface area contributed by atoms with Gasteiger partial charge in [-0.3, -0.25) is 4.79 Å². The molecule has 1 aromatic heterocycles. The van der Waals surface area contributed by atoms with Crippen LogP contribution in [0.15, 0.2) is 18.3 Å². The first-order chi connectivity index (χ1) is 9.19. The van der Waals surface area contributed by atoms with Crippen LogP contribution in [0.1, 0.15) is 43.0 Å². The molecule has 0 aliphatic carbocycles. The van der Waals surface area contributed by atoms with E-state index >= 15 is 0 Å². The van der Waals surface area contributed by atoms with Gasteiger partial charge in [0, 0.05) is 19.3 Å². The Morgan fingerprint density at radius 3 is 2.68 bits per heavy atom. The molecule has 0 saturated heterocycles. The van der Waals surface area contributed by atoms with Gasteiger partial charge in [0.2, 0.25) is 0 Å². The van der Waals surface area contributed by atoms with Crippen molar-refractivity contribution in [2.75, 3.05) is 19.7 Å². The molecular formula is C14H21ClN2O2. The fourth-order valence-corrected chi connectivity index (χ4v) is 1.96. The summed E-state index contributed by atoms with van der Waals surface area (Å²) in [6.07, 6.45) is 5.87. The number of aliphatic hydroxyl groups is 1. The summed E-state index contributed by atoms with van der Waals surface area (Å²) < 4.78 is 0. The number of amides is 1. The van der Waals surface area contributed by atoms with E-state index in [9.17, 15) is 4.79 Å². The Morgan fingerprint density at radius 1 is 1.32 bits per heavy atom. The molecule has 1 aromatic rings. The summed E-state index contributed by atoms with van der Waals surface area (Å²) in [4.78, 5) is 17.8. The number of aliphatic hydroxyl groups excluding tert-OH is 1. The van der Waals surface area contributed by atoms with Crippen LogP contribution < -0.4 is 0 Å². The van der Waals surface area contributed by atoms with Gasteiger partial charge in [-0.25, -0.2) is 4.98 Å². The SMILES string of the molecule is CCCCCCN(CCO)C(=O)c1ccc(Cl)nc1. The van der Waals surface area contributed by atoms with Crippen LogP contribution in [-0.2, 0) is 0 Å². The standard InChI is InChI=1S/C14H21ClN2O2/c1-2-3-4-5-8-17(9-10-18)14(19)12-6-7-13(15)16-11-12/h6-7,11,18H,2-5,8-10H2,1H3. The van der Waals surface area contributed by atoms with Crippen LogP contribution in [0.2, 0.25) is 5.15 Å². The summed E-state index contributed by atoms with van der Waals surface area (Å²) in [6, 6.07) is 3.26. The Morgan fingerprint density at radius 2 is 2.11 bits per heavy atom. The van der Waals surface area contributed by atoms with Crippen molar-refractivity contribution < 1.29 is 9.90 Å². The summed E-state index contributed by atoms with van der Waals surface area (Å²) in [5.41, 5.74) is 0.508. The highest BCUT2D eigenvalue weighted by atomic mass is 35.5. The Hall–Kier alpha value is -1.13. The van der Waals surface area contributed by atoms with E-state index in [1.54, 1.807) is 17.0 Å². The molecule has 0 fully saturated rings. The molecule has 0 atom stereocenters. The number of hydrogen-bond donors (Lipinski definition) is 1. The first kappa shape index (κ1) is 15.9. The van der Waals surface area contributed by atoms with Crippen molar-refractivity contribution in [1.82, 2.24) is 9.88 Å². The van der Waals surface area contributed by atoms with Crippen molar-refractivity contribution in [1.29, 1.82) is 0 Å². The van der Waals surface area contributed by atoms with Crippen molar-refractivity contribution >= 4 is 17.5 Å². The van der Waals surface area contributed by atoms with E-state index in [-0.39, 0.29) is 12.5 Å². The minimum Gasteiger partial charge on any atom is -0.395 e. The lowest BCUT2D eigenvalue weighted by atomic mass is 10.2. The Kier molecular flexibility index (Phi) is 7.45. The number of rotatable bonds is 8. The summed E-state index contributed by atoms with van der Waals surface area (Å²) in [7, 11) is 0. The molecule has 0 bridgehead atoms. The second-order valence-corrected chi connectivity index (χ2v) is 4.83. The van der Waals surface area contributed by atoms with Crippen molar-refractivity contribution in [3.63, 3.8) is 0 Å². The Labute approximate surface area is 119 Å². The zero-order valence-electron chi connectivity index (χ0n) is 11.3. The molecule has 0 aromatic carbocycles. The van der Waals surface area contributed by atoms with Gasteiger partial charge in [0.1, 0.15) is 5.15 Å². The highest BCUT2D eigenvalue weighted by Gasteiger charge is 2.15. The molecule has 1 heterocycles. The van der Waals surface area contributed by atoms with E-state index < -0.39 is 0 Å². The largest absolute Gasteiger partial charge is 0.395 e. The highest BCUT2D eigenvalue weighted by Crippen LogP contribution is 2.09. The zero-order chi connectivity index (χ0) is 14.1. The summed E-state index contributed by atoms with van der Waals surface area (Å²) in [6.45, 7) is 3.15. The smallest absolute Gasteiger partial charge is 0.255 e. The van der Waals surface area contributed by atoms with Crippen LogP contribution >= 0.6 is 11.6 Å². The van der Waals surface area contributed by atoms with E-state index in [1.165, 1.54) is 12.6 Å². The fourth-order valence-electron chi connectivity index (χ4n) is 1.85. The van der Waals surface area contributed by atoms with E-state index in [0.29, 0.717) is 23.8 Å². The predicted molar refractivity (Wildman–Crippen MR) is 76.4 cm³/mol. The molecule has 0 saturated carbocycles. The lowest BCUT2D eigenvalue weighted by Crippen LogP contribution is -2.34. The number of hydrogen-bond acceptors (Lipinski definition) is 3. The maximum atomic E-state index is 12.2. The van der Waals surface area contributed by atoms with Crippen LogP contribution in [0.3, 0.4) is 0 Å². The lowest BCUT2D eigenvalue weighted by molar-refractivity contribution is 0.0718. The van der Waals surface area contributed by atoms with Gasteiger partial charge in [0.05, 0.1) is 12.2 Å². The first-order valence-electron chi connectivity index (χ1n) is 6.70. The molecule has 5 heteroatoms. The predicted octanol–water partition coefficient (Wildman–Crippen LogP) is 2.75. The molecule has 0 aliphatic rings. The van der Waals surface area contributed by atoms with Crippen molar-refractivity contribution in [2.45, 2.75) is 32.6 Å². The zero-order valence-corrected chi connectivity index (χ0v) is 12.1.